The molecule has 5 heteroatoms. The van der Waals surface area contributed by atoms with Crippen molar-refractivity contribution in [1.82, 2.24) is 4.90 Å². The second-order valence-corrected chi connectivity index (χ2v) is 7.57. The van der Waals surface area contributed by atoms with Crippen molar-refractivity contribution in [2.45, 2.75) is 32.9 Å². The summed E-state index contributed by atoms with van der Waals surface area (Å²) in [4.78, 5) is 14.6. The van der Waals surface area contributed by atoms with E-state index in [-0.39, 0.29) is 11.9 Å². The van der Waals surface area contributed by atoms with Crippen LogP contribution in [-0.4, -0.2) is 29.9 Å². The number of furan rings is 1. The number of rotatable bonds is 6. The van der Waals surface area contributed by atoms with Crippen LogP contribution in [0, 0.1) is 13.8 Å². The number of hydrogen-bond donors (Lipinski definition) is 1. The van der Waals surface area contributed by atoms with Crippen molar-refractivity contribution in [2.75, 3.05) is 18.4 Å². The summed E-state index contributed by atoms with van der Waals surface area (Å²) in [5.41, 5.74) is 3.36. The fourth-order valence-corrected chi connectivity index (χ4v) is 3.67. The predicted molar refractivity (Wildman–Crippen MR) is 113 cm³/mol. The van der Waals surface area contributed by atoms with Gasteiger partial charge < -0.3 is 19.4 Å². The van der Waals surface area contributed by atoms with Gasteiger partial charge >= 0.3 is 0 Å². The first-order valence-corrected chi connectivity index (χ1v) is 9.98. The highest BCUT2D eigenvalue weighted by molar-refractivity contribution is 5.91. The first kappa shape index (κ1) is 19.1. The maximum Gasteiger partial charge on any atom is 0.289 e. The number of para-hydroxylation sites is 1. The first-order chi connectivity index (χ1) is 14.1. The molecule has 0 aliphatic carbocycles. The summed E-state index contributed by atoms with van der Waals surface area (Å²) < 4.78 is 11.6. The zero-order valence-electron chi connectivity index (χ0n) is 16.9. The van der Waals surface area contributed by atoms with E-state index >= 15 is 0 Å². The molecule has 1 fully saturated rings. The Labute approximate surface area is 171 Å². The number of nitrogens with one attached hydrogen (secondary N) is 1. The lowest BCUT2D eigenvalue weighted by Gasteiger charge is -2.16. The second-order valence-electron chi connectivity index (χ2n) is 7.57. The van der Waals surface area contributed by atoms with Gasteiger partial charge in [-0.25, -0.2) is 0 Å². The number of ether oxygens (including phenoxy) is 1. The Morgan fingerprint density at radius 1 is 1.14 bits per heavy atom. The molecule has 2 heterocycles. The van der Waals surface area contributed by atoms with Crippen molar-refractivity contribution < 1.29 is 13.9 Å². The van der Waals surface area contributed by atoms with Crippen molar-refractivity contribution in [3.8, 4) is 5.75 Å². The van der Waals surface area contributed by atoms with Gasteiger partial charge in [-0.05, 0) is 56.2 Å². The zero-order chi connectivity index (χ0) is 20.2. The largest absolute Gasteiger partial charge is 0.485 e. The number of anilines is 1. The quantitative estimate of drug-likeness (QED) is 0.657. The van der Waals surface area contributed by atoms with Crippen LogP contribution in [0.3, 0.4) is 0 Å². The molecule has 0 spiro atoms. The van der Waals surface area contributed by atoms with Gasteiger partial charge in [-0.3, -0.25) is 4.79 Å². The zero-order valence-corrected chi connectivity index (χ0v) is 16.9. The maximum absolute atomic E-state index is 12.8. The van der Waals surface area contributed by atoms with Crippen LogP contribution in [0.15, 0.2) is 65.1 Å². The Hall–Kier alpha value is -3.21. The molecule has 4 rings (SSSR count). The number of nitrogens with zero attached hydrogens (tertiary/aromatic N) is 1. The Morgan fingerprint density at radius 2 is 1.97 bits per heavy atom. The molecule has 5 nitrogen and oxygen atoms in total. The van der Waals surface area contributed by atoms with Gasteiger partial charge in [0.15, 0.2) is 5.76 Å². The van der Waals surface area contributed by atoms with E-state index in [1.165, 1.54) is 5.56 Å². The normalized spacial score (nSPS) is 16.1. The second kappa shape index (κ2) is 8.43. The van der Waals surface area contributed by atoms with Crippen molar-refractivity contribution in [3.05, 3.63) is 83.3 Å². The fraction of sp³-hybridized carbons (Fsp3) is 0.292. The van der Waals surface area contributed by atoms with E-state index in [1.807, 2.05) is 60.4 Å². The van der Waals surface area contributed by atoms with Crippen LogP contribution < -0.4 is 10.1 Å². The number of carbonyl (C=O) groups is 1. The van der Waals surface area contributed by atoms with E-state index in [0.717, 1.165) is 30.0 Å². The lowest BCUT2D eigenvalue weighted by Crippen LogP contribution is -2.31. The summed E-state index contributed by atoms with van der Waals surface area (Å²) in [6.07, 6.45) is 0.921. The van der Waals surface area contributed by atoms with E-state index in [4.69, 9.17) is 9.15 Å². The molecule has 0 radical (unpaired) electrons. The molecule has 0 bridgehead atoms. The summed E-state index contributed by atoms with van der Waals surface area (Å²) in [6, 6.07) is 20.0. The summed E-state index contributed by atoms with van der Waals surface area (Å²) in [6.45, 7) is 5.77. The number of carbonyl (C=O) groups excluding carboxylic acids is 1. The van der Waals surface area contributed by atoms with Gasteiger partial charge in [0.05, 0.1) is 0 Å². The third kappa shape index (κ3) is 4.62. The minimum Gasteiger partial charge on any atom is -0.485 e. The van der Waals surface area contributed by atoms with Gasteiger partial charge in [0.25, 0.3) is 5.91 Å². The number of likely N-dealkylation sites (tertiary alicyclic amines) is 1. The molecule has 1 atom stereocenters. The Kier molecular flexibility index (Phi) is 5.56. The third-order valence-electron chi connectivity index (χ3n) is 5.19. The average Bonchev–Trinajstić information content (AvgIpc) is 3.37. The predicted octanol–water partition coefficient (Wildman–Crippen LogP) is 4.80. The molecule has 150 valence electrons. The average molecular weight is 390 g/mol. The molecule has 1 aliphatic heterocycles. The maximum atomic E-state index is 12.8. The summed E-state index contributed by atoms with van der Waals surface area (Å²) in [5.74, 6) is 1.77. The Balaban J connectivity index is 1.32. The molecule has 1 aliphatic rings. The monoisotopic (exact) mass is 390 g/mol. The third-order valence-corrected chi connectivity index (χ3v) is 5.19. The highest BCUT2D eigenvalue weighted by Crippen LogP contribution is 2.22. The SMILES string of the molecule is Cc1ccc(OCc2ccc(C(=O)N3CCC(Nc4ccccc4)C3)o2)c(C)c1. The van der Waals surface area contributed by atoms with Crippen molar-refractivity contribution >= 4 is 11.6 Å². The molecule has 1 aromatic heterocycles. The Bertz CT molecular complexity index is 981. The van der Waals surface area contributed by atoms with Gasteiger partial charge in [-0.1, -0.05) is 35.9 Å². The van der Waals surface area contributed by atoms with Gasteiger partial charge in [0.2, 0.25) is 0 Å². The first-order valence-electron chi connectivity index (χ1n) is 9.98. The molecule has 2 aromatic carbocycles. The standard InChI is InChI=1S/C24H26N2O3/c1-17-8-10-22(18(2)14-17)28-16-21-9-11-23(29-21)24(27)26-13-12-20(15-26)25-19-6-4-3-5-7-19/h3-11,14,20,25H,12-13,15-16H2,1-2H3. The van der Waals surface area contributed by atoms with E-state index in [1.54, 1.807) is 6.07 Å². The van der Waals surface area contributed by atoms with Crippen LogP contribution in [0.25, 0.3) is 0 Å². The smallest absolute Gasteiger partial charge is 0.289 e. The van der Waals surface area contributed by atoms with Crippen molar-refractivity contribution in [3.63, 3.8) is 0 Å². The van der Waals surface area contributed by atoms with Gasteiger partial charge in [-0.2, -0.15) is 0 Å². The molecule has 1 N–H and O–H groups in total. The summed E-state index contributed by atoms with van der Waals surface area (Å²) in [5, 5.41) is 3.49. The van der Waals surface area contributed by atoms with Crippen molar-refractivity contribution in [1.29, 1.82) is 0 Å². The van der Waals surface area contributed by atoms with E-state index < -0.39 is 0 Å². The lowest BCUT2D eigenvalue weighted by molar-refractivity contribution is 0.0756. The van der Waals surface area contributed by atoms with Gasteiger partial charge in [0.1, 0.15) is 18.1 Å². The van der Waals surface area contributed by atoms with Crippen LogP contribution in [0.1, 0.15) is 33.9 Å². The lowest BCUT2D eigenvalue weighted by atomic mass is 10.1. The van der Waals surface area contributed by atoms with Gasteiger partial charge in [0, 0.05) is 24.8 Å². The molecule has 1 saturated heterocycles. The minimum absolute atomic E-state index is 0.0693. The molecule has 1 unspecified atom stereocenters. The molecule has 1 amide bonds. The minimum atomic E-state index is -0.0693. The van der Waals surface area contributed by atoms with Crippen molar-refractivity contribution in [2.24, 2.45) is 0 Å². The number of benzene rings is 2. The van der Waals surface area contributed by atoms with E-state index in [0.29, 0.717) is 24.7 Å². The summed E-state index contributed by atoms with van der Waals surface area (Å²) in [7, 11) is 0. The number of aryl methyl sites for hydroxylation is 2. The van der Waals surface area contributed by atoms with Gasteiger partial charge in [-0.15, -0.1) is 0 Å². The van der Waals surface area contributed by atoms with Crippen LogP contribution in [0.4, 0.5) is 5.69 Å². The van der Waals surface area contributed by atoms with Crippen LogP contribution >= 0.6 is 0 Å². The van der Waals surface area contributed by atoms with E-state index in [9.17, 15) is 4.79 Å². The molecule has 29 heavy (non-hydrogen) atoms. The molecular weight excluding hydrogens is 364 g/mol. The van der Waals surface area contributed by atoms with Crippen LogP contribution in [0.5, 0.6) is 5.75 Å². The topological polar surface area (TPSA) is 54.7 Å². The van der Waals surface area contributed by atoms with Crippen LogP contribution in [0.2, 0.25) is 0 Å². The molecular formula is C24H26N2O3. The molecule has 3 aromatic rings. The fourth-order valence-electron chi connectivity index (χ4n) is 3.67. The van der Waals surface area contributed by atoms with Crippen LogP contribution in [-0.2, 0) is 6.61 Å². The number of hydrogen-bond acceptors (Lipinski definition) is 4. The summed E-state index contributed by atoms with van der Waals surface area (Å²) >= 11 is 0. The number of amides is 1. The highest BCUT2D eigenvalue weighted by atomic mass is 16.5. The highest BCUT2D eigenvalue weighted by Gasteiger charge is 2.28. The molecule has 0 saturated carbocycles. The Morgan fingerprint density at radius 3 is 2.76 bits per heavy atom. The van der Waals surface area contributed by atoms with E-state index in [2.05, 4.69) is 18.3 Å².